The fourth-order valence-corrected chi connectivity index (χ4v) is 5.77. The van der Waals surface area contributed by atoms with Crippen molar-refractivity contribution in [3.8, 4) is 0 Å². The van der Waals surface area contributed by atoms with Crippen molar-refractivity contribution in [3.63, 3.8) is 0 Å². The average Bonchev–Trinajstić information content (AvgIpc) is 3.12. The Morgan fingerprint density at radius 2 is 1.93 bits per heavy atom. The normalized spacial score (nSPS) is 29.6. The highest BCUT2D eigenvalue weighted by Crippen LogP contribution is 2.37. The summed E-state index contributed by atoms with van der Waals surface area (Å²) in [7, 11) is 0. The minimum absolute atomic E-state index is 0.290. The molecule has 0 aromatic heterocycles. The van der Waals surface area contributed by atoms with Crippen molar-refractivity contribution in [1.29, 1.82) is 0 Å². The zero-order valence-electron chi connectivity index (χ0n) is 17.0. The van der Waals surface area contributed by atoms with Crippen molar-refractivity contribution in [3.05, 3.63) is 0 Å². The van der Waals surface area contributed by atoms with Crippen LogP contribution in [0.2, 0.25) is 0 Å². The van der Waals surface area contributed by atoms with Gasteiger partial charge in [-0.1, -0.05) is 19.3 Å². The summed E-state index contributed by atoms with van der Waals surface area (Å²) >= 11 is 1.83. The van der Waals surface area contributed by atoms with Gasteiger partial charge < -0.3 is 20.5 Å². The molecule has 3 fully saturated rings. The van der Waals surface area contributed by atoms with Gasteiger partial charge in [-0.05, 0) is 31.9 Å². The van der Waals surface area contributed by atoms with Crippen molar-refractivity contribution in [1.82, 2.24) is 15.5 Å². The van der Waals surface area contributed by atoms with Gasteiger partial charge in [-0.15, -0.1) is 0 Å². The lowest BCUT2D eigenvalue weighted by molar-refractivity contribution is 0.00937. The second kappa shape index (κ2) is 10.3. The van der Waals surface area contributed by atoms with Crippen LogP contribution in [0.5, 0.6) is 0 Å². The molecule has 1 saturated carbocycles. The third-order valence-electron chi connectivity index (χ3n) is 6.16. The monoisotopic (exact) mass is 398 g/mol. The number of nitrogens with zero attached hydrogens (tertiary/aromatic N) is 2. The Hall–Kier alpha value is -0.500. The van der Waals surface area contributed by atoms with Crippen LogP contribution in [0.15, 0.2) is 4.99 Å². The van der Waals surface area contributed by atoms with E-state index in [1.54, 1.807) is 0 Å². The average molecular weight is 399 g/mol. The third-order valence-corrected chi connectivity index (χ3v) is 7.40. The Kier molecular flexibility index (Phi) is 8.11. The van der Waals surface area contributed by atoms with Gasteiger partial charge in [-0.3, -0.25) is 9.89 Å². The Morgan fingerprint density at radius 1 is 1.15 bits per heavy atom. The number of morpholine rings is 1. The van der Waals surface area contributed by atoms with E-state index in [0.717, 1.165) is 69.8 Å². The molecule has 7 heteroatoms. The summed E-state index contributed by atoms with van der Waals surface area (Å²) in [6.45, 7) is 9.36. The molecule has 2 saturated heterocycles. The molecule has 1 unspecified atom stereocenters. The standard InChI is InChI=1S/C20H38N4O2S/c1-2-21-18(23-15-20(25)8-13-27-17-20)22-14-19(6-4-3-5-7-19)16-24-9-11-26-12-10-24/h25H,2-17H2,1H3,(H2,21,22,23). The van der Waals surface area contributed by atoms with Crippen molar-refractivity contribution in [2.75, 3.05) is 64.0 Å². The topological polar surface area (TPSA) is 69.1 Å². The molecular formula is C20H38N4O2S. The summed E-state index contributed by atoms with van der Waals surface area (Å²) in [5.41, 5.74) is -0.296. The first-order chi connectivity index (χ1) is 13.1. The molecule has 3 rings (SSSR count). The van der Waals surface area contributed by atoms with Crippen LogP contribution in [0.25, 0.3) is 0 Å². The summed E-state index contributed by atoms with van der Waals surface area (Å²) in [6.07, 6.45) is 7.41. The number of hydrogen-bond acceptors (Lipinski definition) is 5. The van der Waals surface area contributed by atoms with E-state index in [0.29, 0.717) is 6.54 Å². The van der Waals surface area contributed by atoms with Gasteiger partial charge in [0, 0.05) is 50.4 Å². The Balaban J connectivity index is 1.60. The first-order valence-electron chi connectivity index (χ1n) is 10.8. The molecule has 0 amide bonds. The molecule has 0 spiro atoms. The molecule has 1 aliphatic carbocycles. The summed E-state index contributed by atoms with van der Waals surface area (Å²) in [4.78, 5) is 7.56. The zero-order chi connectivity index (χ0) is 19.0. The lowest BCUT2D eigenvalue weighted by Crippen LogP contribution is -2.49. The summed E-state index contributed by atoms with van der Waals surface area (Å²) in [6, 6.07) is 0. The largest absolute Gasteiger partial charge is 0.387 e. The molecule has 2 aliphatic heterocycles. The minimum Gasteiger partial charge on any atom is -0.387 e. The molecule has 1 atom stereocenters. The van der Waals surface area contributed by atoms with Gasteiger partial charge in [-0.25, -0.2) is 0 Å². The quantitative estimate of drug-likeness (QED) is 0.448. The van der Waals surface area contributed by atoms with Crippen molar-refractivity contribution >= 4 is 17.7 Å². The molecule has 2 heterocycles. The van der Waals surface area contributed by atoms with Crippen LogP contribution in [-0.2, 0) is 4.74 Å². The number of nitrogens with one attached hydrogen (secondary N) is 2. The van der Waals surface area contributed by atoms with E-state index < -0.39 is 5.60 Å². The highest BCUT2D eigenvalue weighted by atomic mass is 32.2. The number of ether oxygens (including phenoxy) is 1. The van der Waals surface area contributed by atoms with Gasteiger partial charge in [0.25, 0.3) is 0 Å². The number of thioether (sulfide) groups is 1. The molecule has 0 radical (unpaired) electrons. The maximum Gasteiger partial charge on any atom is 0.191 e. The first kappa shape index (κ1) is 21.2. The number of aliphatic imine (C=N–C) groups is 1. The van der Waals surface area contributed by atoms with E-state index in [4.69, 9.17) is 9.73 Å². The van der Waals surface area contributed by atoms with Crippen LogP contribution in [0.3, 0.4) is 0 Å². The van der Waals surface area contributed by atoms with Crippen molar-refractivity contribution in [2.45, 2.75) is 51.0 Å². The second-order valence-electron chi connectivity index (χ2n) is 8.52. The molecule has 0 aromatic rings. The Bertz CT molecular complexity index is 471. The molecule has 3 N–H and O–H groups in total. The fourth-order valence-electron chi connectivity index (χ4n) is 4.47. The fraction of sp³-hybridized carbons (Fsp3) is 0.950. The summed E-state index contributed by atoms with van der Waals surface area (Å²) in [5, 5.41) is 17.4. The van der Waals surface area contributed by atoms with E-state index in [1.807, 2.05) is 11.8 Å². The second-order valence-corrected chi connectivity index (χ2v) is 9.63. The maximum atomic E-state index is 10.6. The highest BCUT2D eigenvalue weighted by molar-refractivity contribution is 7.99. The summed E-state index contributed by atoms with van der Waals surface area (Å²) in [5.74, 6) is 2.73. The first-order valence-corrected chi connectivity index (χ1v) is 11.9. The van der Waals surface area contributed by atoms with Crippen LogP contribution < -0.4 is 10.6 Å². The molecule has 27 heavy (non-hydrogen) atoms. The molecule has 0 aromatic carbocycles. The zero-order valence-corrected chi connectivity index (χ0v) is 17.8. The number of aliphatic hydroxyl groups is 1. The van der Waals surface area contributed by atoms with E-state index in [-0.39, 0.29) is 5.41 Å². The van der Waals surface area contributed by atoms with Crippen molar-refractivity contribution < 1.29 is 9.84 Å². The Labute approximate surface area is 168 Å². The van der Waals surface area contributed by atoms with E-state index in [1.165, 1.54) is 32.1 Å². The van der Waals surface area contributed by atoms with E-state index in [9.17, 15) is 5.11 Å². The van der Waals surface area contributed by atoms with Gasteiger partial charge in [-0.2, -0.15) is 11.8 Å². The Morgan fingerprint density at radius 3 is 2.59 bits per heavy atom. The molecule has 156 valence electrons. The van der Waals surface area contributed by atoms with Crippen LogP contribution >= 0.6 is 11.8 Å². The molecule has 3 aliphatic rings. The smallest absolute Gasteiger partial charge is 0.191 e. The maximum absolute atomic E-state index is 10.6. The van der Waals surface area contributed by atoms with Crippen LogP contribution in [0.4, 0.5) is 0 Å². The van der Waals surface area contributed by atoms with Gasteiger partial charge in [0.2, 0.25) is 0 Å². The third kappa shape index (κ3) is 6.51. The van der Waals surface area contributed by atoms with Gasteiger partial charge >= 0.3 is 0 Å². The summed E-state index contributed by atoms with van der Waals surface area (Å²) < 4.78 is 5.53. The lowest BCUT2D eigenvalue weighted by Gasteiger charge is -2.41. The number of guanidine groups is 1. The SMILES string of the molecule is CCNC(=NCC1(CN2CCOCC2)CCCCC1)NCC1(O)CCSC1. The predicted octanol–water partition coefficient (Wildman–Crippen LogP) is 1.69. The van der Waals surface area contributed by atoms with E-state index >= 15 is 0 Å². The van der Waals surface area contributed by atoms with Gasteiger partial charge in [0.15, 0.2) is 5.96 Å². The molecule has 0 bridgehead atoms. The highest BCUT2D eigenvalue weighted by Gasteiger charge is 2.35. The molecular weight excluding hydrogens is 360 g/mol. The molecule has 6 nitrogen and oxygen atoms in total. The van der Waals surface area contributed by atoms with E-state index in [2.05, 4.69) is 22.5 Å². The van der Waals surface area contributed by atoms with Crippen LogP contribution in [0.1, 0.15) is 45.4 Å². The number of hydrogen-bond donors (Lipinski definition) is 3. The van der Waals surface area contributed by atoms with Crippen LogP contribution in [-0.4, -0.2) is 85.6 Å². The number of rotatable bonds is 7. The predicted molar refractivity (Wildman–Crippen MR) is 114 cm³/mol. The van der Waals surface area contributed by atoms with Crippen LogP contribution in [0, 0.1) is 5.41 Å². The lowest BCUT2D eigenvalue weighted by atomic mass is 9.73. The van der Waals surface area contributed by atoms with Crippen molar-refractivity contribution in [2.24, 2.45) is 10.4 Å². The minimum atomic E-state index is -0.586. The van der Waals surface area contributed by atoms with Gasteiger partial charge in [0.05, 0.1) is 18.8 Å². The van der Waals surface area contributed by atoms with Gasteiger partial charge in [0.1, 0.15) is 0 Å².